The lowest BCUT2D eigenvalue weighted by Gasteiger charge is -2.20. The Morgan fingerprint density at radius 3 is 1.77 bits per heavy atom. The third-order valence-electron chi connectivity index (χ3n) is 3.99. The summed E-state index contributed by atoms with van der Waals surface area (Å²) in [6.45, 7) is 4.18. The lowest BCUT2D eigenvalue weighted by molar-refractivity contribution is 0.323. The van der Waals surface area contributed by atoms with Gasteiger partial charge in [0.25, 0.3) is 0 Å². The molecular formula is C19H24N2O4S. The van der Waals surface area contributed by atoms with Gasteiger partial charge in [0.2, 0.25) is 0 Å². The molecule has 0 atom stereocenters. The molecule has 0 bridgehead atoms. The average Bonchev–Trinajstić information content (AvgIpc) is 2.99. The molecule has 0 spiro atoms. The molecule has 1 N–H and O–H groups in total. The second-order valence-electron chi connectivity index (χ2n) is 5.72. The van der Waals surface area contributed by atoms with Gasteiger partial charge in [-0.2, -0.15) is 8.42 Å². The zero-order valence-corrected chi connectivity index (χ0v) is 16.0. The highest BCUT2D eigenvalue weighted by Gasteiger charge is 2.27. The van der Waals surface area contributed by atoms with Gasteiger partial charge in [-0.15, -0.1) is 0 Å². The third-order valence-corrected chi connectivity index (χ3v) is 4.41. The van der Waals surface area contributed by atoms with Crippen LogP contribution in [0.5, 0.6) is 0 Å². The van der Waals surface area contributed by atoms with E-state index < -0.39 is 10.4 Å². The smallest absolute Gasteiger partial charge is 0.355 e. The summed E-state index contributed by atoms with van der Waals surface area (Å²) in [6, 6.07) is 21.3. The van der Waals surface area contributed by atoms with Crippen molar-refractivity contribution in [3.63, 3.8) is 0 Å². The van der Waals surface area contributed by atoms with Crippen LogP contribution in [0.25, 0.3) is 11.4 Å². The summed E-state index contributed by atoms with van der Waals surface area (Å²) in [5.41, 5.74) is 5.22. The van der Waals surface area contributed by atoms with Crippen LogP contribution in [0, 0.1) is 0 Å². The molecule has 6 nitrogen and oxygen atoms in total. The first-order valence-electron chi connectivity index (χ1n) is 8.21. The van der Waals surface area contributed by atoms with E-state index in [-0.39, 0.29) is 0 Å². The van der Waals surface area contributed by atoms with Crippen LogP contribution in [0.2, 0.25) is 0 Å². The minimum absolute atomic E-state index is 0.870. The van der Waals surface area contributed by atoms with Gasteiger partial charge >= 0.3 is 10.4 Å². The maximum atomic E-state index is 9.33. The molecular weight excluding hydrogens is 352 g/mol. The first kappa shape index (κ1) is 20.0. The largest absolute Gasteiger partial charge is 0.397 e. The first-order valence-corrected chi connectivity index (χ1v) is 9.58. The molecule has 1 aliphatic heterocycles. The van der Waals surface area contributed by atoms with Crippen LogP contribution in [-0.4, -0.2) is 50.1 Å². The van der Waals surface area contributed by atoms with E-state index in [1.807, 2.05) is 0 Å². The third kappa shape index (κ3) is 5.08. The van der Waals surface area contributed by atoms with E-state index in [2.05, 4.69) is 88.6 Å². The van der Waals surface area contributed by atoms with E-state index in [9.17, 15) is 8.42 Å². The summed E-state index contributed by atoms with van der Waals surface area (Å²) >= 11 is 0. The van der Waals surface area contributed by atoms with Gasteiger partial charge in [0.15, 0.2) is 0 Å². The zero-order chi connectivity index (χ0) is 19.2. The lowest BCUT2D eigenvalue weighted by Crippen LogP contribution is -2.24. The normalized spacial score (nSPS) is 14.3. The Kier molecular flexibility index (Phi) is 6.79. The fourth-order valence-electron chi connectivity index (χ4n) is 2.85. The van der Waals surface area contributed by atoms with Crippen molar-refractivity contribution in [2.24, 2.45) is 0 Å². The van der Waals surface area contributed by atoms with Crippen LogP contribution in [0.15, 0.2) is 60.7 Å². The molecule has 0 fully saturated rings. The quantitative estimate of drug-likeness (QED) is 0.827. The SMILES string of the molecule is CCN1CN(C)C(c2ccccc2)=C1c1ccccc1.COS(=O)(=O)O. The molecule has 1 heterocycles. The van der Waals surface area contributed by atoms with Crippen molar-refractivity contribution in [2.75, 3.05) is 27.4 Å². The van der Waals surface area contributed by atoms with Crippen molar-refractivity contribution < 1.29 is 17.2 Å². The Morgan fingerprint density at radius 1 is 0.962 bits per heavy atom. The summed E-state index contributed by atoms with van der Waals surface area (Å²) in [4.78, 5) is 4.76. The molecule has 0 saturated carbocycles. The summed E-state index contributed by atoms with van der Waals surface area (Å²) in [5, 5.41) is 0. The minimum atomic E-state index is -4.16. The van der Waals surface area contributed by atoms with E-state index in [4.69, 9.17) is 4.55 Å². The van der Waals surface area contributed by atoms with Crippen LogP contribution in [-0.2, 0) is 14.6 Å². The number of benzene rings is 2. The highest BCUT2D eigenvalue weighted by Crippen LogP contribution is 2.36. The Bertz CT molecular complexity index is 836. The van der Waals surface area contributed by atoms with E-state index >= 15 is 0 Å². The van der Waals surface area contributed by atoms with Crippen molar-refractivity contribution in [1.82, 2.24) is 9.80 Å². The molecule has 1 aliphatic rings. The fourth-order valence-corrected chi connectivity index (χ4v) is 2.85. The Morgan fingerprint density at radius 2 is 1.38 bits per heavy atom. The highest BCUT2D eigenvalue weighted by molar-refractivity contribution is 7.80. The van der Waals surface area contributed by atoms with Gasteiger partial charge < -0.3 is 9.80 Å². The minimum Gasteiger partial charge on any atom is -0.355 e. The standard InChI is InChI=1S/C18H20N2.CH4O4S/c1-3-20-14-19(2)17(15-10-6-4-7-11-15)18(20)16-12-8-5-9-13-16;1-5-6(2,3)4/h4-13H,3,14H2,1-2H3;1H3,(H,2,3,4). The average molecular weight is 376 g/mol. The monoisotopic (exact) mass is 376 g/mol. The van der Waals surface area contributed by atoms with Crippen LogP contribution in [0.1, 0.15) is 18.1 Å². The second kappa shape index (κ2) is 8.84. The van der Waals surface area contributed by atoms with E-state index in [0.717, 1.165) is 20.3 Å². The summed E-state index contributed by atoms with van der Waals surface area (Å²) in [7, 11) is -1.12. The van der Waals surface area contributed by atoms with Crippen molar-refractivity contribution in [1.29, 1.82) is 0 Å². The van der Waals surface area contributed by atoms with Gasteiger partial charge in [-0.05, 0) is 18.1 Å². The van der Waals surface area contributed by atoms with Gasteiger partial charge in [0, 0.05) is 13.6 Å². The predicted octanol–water partition coefficient (Wildman–Crippen LogP) is 3.17. The van der Waals surface area contributed by atoms with Crippen LogP contribution < -0.4 is 0 Å². The molecule has 0 aliphatic carbocycles. The van der Waals surface area contributed by atoms with E-state index in [1.54, 1.807) is 0 Å². The molecule has 2 aromatic carbocycles. The van der Waals surface area contributed by atoms with Crippen LogP contribution >= 0.6 is 0 Å². The molecule has 140 valence electrons. The van der Waals surface area contributed by atoms with E-state index in [1.165, 1.54) is 22.5 Å². The van der Waals surface area contributed by atoms with Crippen molar-refractivity contribution in [3.8, 4) is 0 Å². The Hall–Kier alpha value is -2.35. The summed E-state index contributed by atoms with van der Waals surface area (Å²) in [5.74, 6) is 0. The van der Waals surface area contributed by atoms with Crippen molar-refractivity contribution in [3.05, 3.63) is 71.8 Å². The molecule has 0 amide bonds. The topological polar surface area (TPSA) is 70.1 Å². The molecule has 2 aromatic rings. The fraction of sp³-hybridized carbons (Fsp3) is 0.263. The second-order valence-corrected chi connectivity index (χ2v) is 6.91. The molecule has 7 heteroatoms. The Labute approximate surface area is 155 Å². The van der Waals surface area contributed by atoms with Gasteiger partial charge in [-0.25, -0.2) is 0 Å². The van der Waals surface area contributed by atoms with Gasteiger partial charge in [0.05, 0.1) is 25.2 Å². The van der Waals surface area contributed by atoms with Gasteiger partial charge in [-0.1, -0.05) is 60.7 Å². The van der Waals surface area contributed by atoms with Gasteiger partial charge in [-0.3, -0.25) is 8.74 Å². The number of nitrogens with zero attached hydrogens (tertiary/aromatic N) is 2. The molecule has 26 heavy (non-hydrogen) atoms. The predicted molar refractivity (Wildman–Crippen MR) is 103 cm³/mol. The molecule has 0 radical (unpaired) electrons. The first-order chi connectivity index (χ1) is 12.4. The van der Waals surface area contributed by atoms with E-state index in [0.29, 0.717) is 0 Å². The van der Waals surface area contributed by atoms with Crippen LogP contribution in [0.4, 0.5) is 0 Å². The lowest BCUT2D eigenvalue weighted by atomic mass is 10.0. The molecule has 0 aromatic heterocycles. The zero-order valence-electron chi connectivity index (χ0n) is 15.2. The number of rotatable bonds is 4. The number of hydrogen-bond donors (Lipinski definition) is 1. The maximum Gasteiger partial charge on any atom is 0.397 e. The molecule has 3 rings (SSSR count). The summed E-state index contributed by atoms with van der Waals surface area (Å²) in [6.07, 6.45) is 0. The highest BCUT2D eigenvalue weighted by atomic mass is 32.3. The number of hydrogen-bond acceptors (Lipinski definition) is 5. The van der Waals surface area contributed by atoms with Crippen molar-refractivity contribution >= 4 is 21.8 Å². The van der Waals surface area contributed by atoms with Crippen molar-refractivity contribution in [2.45, 2.75) is 6.92 Å². The summed E-state index contributed by atoms with van der Waals surface area (Å²) < 4.78 is 29.7. The van der Waals surface area contributed by atoms with Crippen LogP contribution in [0.3, 0.4) is 0 Å². The molecule has 0 saturated heterocycles. The maximum absolute atomic E-state index is 9.33. The Balaban J connectivity index is 0.000000352. The molecule has 0 unspecified atom stereocenters. The van der Waals surface area contributed by atoms with Gasteiger partial charge in [0.1, 0.15) is 0 Å².